The van der Waals surface area contributed by atoms with E-state index in [1.165, 1.54) is 4.90 Å². The van der Waals surface area contributed by atoms with Gasteiger partial charge < -0.3 is 14.2 Å². The Morgan fingerprint density at radius 2 is 2.00 bits per heavy atom. The van der Waals surface area contributed by atoms with Gasteiger partial charge in [0.05, 0.1) is 0 Å². The van der Waals surface area contributed by atoms with Crippen LogP contribution in [0.25, 0.3) is 0 Å². The monoisotopic (exact) mass is 257 g/mol. The molecule has 1 heterocycles. The van der Waals surface area contributed by atoms with Crippen molar-refractivity contribution in [2.75, 3.05) is 18.8 Å². The number of nitrogens with zero attached hydrogens (tertiary/aromatic N) is 1. The first kappa shape index (κ1) is 16.4. The molecule has 1 atom stereocenters. The molecule has 7 heteroatoms. The maximum absolute atomic E-state index is 11.4. The summed E-state index contributed by atoms with van der Waals surface area (Å²) in [5.74, 6) is 0.190. The Morgan fingerprint density at radius 1 is 1.50 bits per heavy atom. The van der Waals surface area contributed by atoms with Crippen molar-refractivity contribution in [3.05, 3.63) is 0 Å². The normalized spacial score (nSPS) is 18.4. The maximum Gasteiger partial charge on any atom is 1.00 e. The van der Waals surface area contributed by atoms with E-state index in [-0.39, 0.29) is 47.3 Å². The Kier molecular flexibility index (Phi) is 6.50. The van der Waals surface area contributed by atoms with Gasteiger partial charge >= 0.3 is 35.7 Å². The summed E-state index contributed by atoms with van der Waals surface area (Å²) < 4.78 is 25.9. The zero-order chi connectivity index (χ0) is 11.6. The van der Waals surface area contributed by atoms with Gasteiger partial charge in [0.25, 0.3) is 0 Å². The molecule has 0 aromatic heterocycles. The molecule has 1 saturated heterocycles. The zero-order valence-corrected chi connectivity index (χ0v) is 13.0. The predicted molar refractivity (Wildman–Crippen MR) is 55.1 cm³/mol. The standard InChI is InChI=1S/C9H17NO4S.Na/c1-9(2,3)14-8(11)10-4-7(5-10)6-15(12)13;/h7H,4-6H2,1-3H3,(H,12,13);/q;+1/p-1. The van der Waals surface area contributed by atoms with Gasteiger partial charge in [-0.05, 0) is 20.8 Å². The summed E-state index contributed by atoms with van der Waals surface area (Å²) in [4.78, 5) is 12.9. The van der Waals surface area contributed by atoms with Gasteiger partial charge in [-0.3, -0.25) is 4.21 Å². The van der Waals surface area contributed by atoms with Crippen molar-refractivity contribution in [1.82, 2.24) is 4.90 Å². The Balaban J connectivity index is 0.00000225. The van der Waals surface area contributed by atoms with Crippen LogP contribution in [0.15, 0.2) is 0 Å². The van der Waals surface area contributed by atoms with Crippen LogP contribution in [0, 0.1) is 5.92 Å². The van der Waals surface area contributed by atoms with E-state index in [2.05, 4.69) is 0 Å². The molecule has 88 valence electrons. The minimum atomic E-state index is -2.02. The van der Waals surface area contributed by atoms with Crippen molar-refractivity contribution in [1.29, 1.82) is 0 Å². The third-order valence-corrected chi connectivity index (χ3v) is 2.72. The van der Waals surface area contributed by atoms with Crippen LogP contribution in [0.5, 0.6) is 0 Å². The summed E-state index contributed by atoms with van der Waals surface area (Å²) in [6, 6.07) is 0. The van der Waals surface area contributed by atoms with E-state index >= 15 is 0 Å². The zero-order valence-electron chi connectivity index (χ0n) is 10.2. The molecular weight excluding hydrogens is 241 g/mol. The number of amides is 1. The van der Waals surface area contributed by atoms with Gasteiger partial charge in [0.1, 0.15) is 5.60 Å². The molecule has 1 aliphatic rings. The van der Waals surface area contributed by atoms with Crippen LogP contribution < -0.4 is 29.6 Å². The summed E-state index contributed by atoms with van der Waals surface area (Å²) in [7, 11) is 0. The molecule has 1 amide bonds. The fraction of sp³-hybridized carbons (Fsp3) is 0.889. The molecule has 0 N–H and O–H groups in total. The average molecular weight is 257 g/mol. The summed E-state index contributed by atoms with van der Waals surface area (Å²) in [6.45, 7) is 6.35. The summed E-state index contributed by atoms with van der Waals surface area (Å²) in [6.07, 6.45) is -0.365. The predicted octanol–water partition coefficient (Wildman–Crippen LogP) is -2.26. The SMILES string of the molecule is CC(C)(C)OC(=O)N1CC(CS(=O)[O-])C1.[Na+]. The molecule has 1 aliphatic heterocycles. The number of carbonyl (C=O) groups excluding carboxylic acids is 1. The topological polar surface area (TPSA) is 69.7 Å². The molecule has 0 saturated carbocycles. The van der Waals surface area contributed by atoms with Crippen molar-refractivity contribution in [3.63, 3.8) is 0 Å². The second-order valence-electron chi connectivity index (χ2n) is 4.72. The Bertz CT molecular complexity index is 273. The van der Waals surface area contributed by atoms with Crippen LogP contribution in [-0.2, 0) is 15.8 Å². The van der Waals surface area contributed by atoms with Crippen molar-refractivity contribution >= 4 is 17.2 Å². The average Bonchev–Trinajstić information content (AvgIpc) is 1.91. The molecule has 0 aromatic carbocycles. The van der Waals surface area contributed by atoms with Crippen molar-refractivity contribution in [2.24, 2.45) is 5.92 Å². The number of hydrogen-bond acceptors (Lipinski definition) is 4. The van der Waals surface area contributed by atoms with E-state index in [9.17, 15) is 13.6 Å². The summed E-state index contributed by atoms with van der Waals surface area (Å²) >= 11 is -2.02. The van der Waals surface area contributed by atoms with Gasteiger partial charge in [0, 0.05) is 24.8 Å². The van der Waals surface area contributed by atoms with Gasteiger partial charge in [0.15, 0.2) is 0 Å². The number of ether oxygens (including phenoxy) is 1. The molecule has 1 unspecified atom stereocenters. The molecular formula is C9H16NNaO4S. The molecule has 16 heavy (non-hydrogen) atoms. The van der Waals surface area contributed by atoms with Crippen LogP contribution in [0.4, 0.5) is 4.79 Å². The quantitative estimate of drug-likeness (QED) is 0.413. The van der Waals surface area contributed by atoms with Crippen LogP contribution in [0.2, 0.25) is 0 Å². The maximum atomic E-state index is 11.4. The second kappa shape index (κ2) is 6.35. The van der Waals surface area contributed by atoms with Crippen LogP contribution >= 0.6 is 0 Å². The summed E-state index contributed by atoms with van der Waals surface area (Å²) in [5.41, 5.74) is -0.497. The van der Waals surface area contributed by atoms with E-state index in [0.29, 0.717) is 13.1 Å². The van der Waals surface area contributed by atoms with Gasteiger partial charge in [-0.25, -0.2) is 4.79 Å². The van der Waals surface area contributed by atoms with E-state index in [4.69, 9.17) is 4.74 Å². The Labute approximate surface area is 120 Å². The van der Waals surface area contributed by atoms with Crippen molar-refractivity contribution < 1.29 is 47.9 Å². The van der Waals surface area contributed by atoms with Crippen molar-refractivity contribution in [3.8, 4) is 0 Å². The van der Waals surface area contributed by atoms with Gasteiger partial charge in [-0.15, -0.1) is 0 Å². The summed E-state index contributed by atoms with van der Waals surface area (Å²) in [5, 5.41) is 0. The largest absolute Gasteiger partial charge is 1.00 e. The third kappa shape index (κ3) is 5.63. The van der Waals surface area contributed by atoms with Crippen LogP contribution in [-0.4, -0.2) is 44.2 Å². The molecule has 1 rings (SSSR count). The first-order valence-electron chi connectivity index (χ1n) is 4.82. The molecule has 0 spiro atoms. The molecule has 0 radical (unpaired) electrons. The number of rotatable bonds is 2. The van der Waals surface area contributed by atoms with Gasteiger partial charge in [-0.1, -0.05) is 11.1 Å². The molecule has 5 nitrogen and oxygen atoms in total. The van der Waals surface area contributed by atoms with Crippen LogP contribution in [0.1, 0.15) is 20.8 Å². The first-order chi connectivity index (χ1) is 6.78. The fourth-order valence-electron chi connectivity index (χ4n) is 1.34. The number of carbonyl (C=O) groups is 1. The fourth-order valence-corrected chi connectivity index (χ4v) is 1.94. The minimum absolute atomic E-state index is 0. The molecule has 1 fully saturated rings. The van der Waals surface area contributed by atoms with Crippen molar-refractivity contribution in [2.45, 2.75) is 26.4 Å². The Hall–Kier alpha value is 0.380. The molecule has 0 aliphatic carbocycles. The molecule has 0 bridgehead atoms. The van der Waals surface area contributed by atoms with E-state index in [1.54, 1.807) is 20.8 Å². The van der Waals surface area contributed by atoms with E-state index < -0.39 is 16.7 Å². The number of hydrogen-bond donors (Lipinski definition) is 0. The van der Waals surface area contributed by atoms with Crippen LogP contribution in [0.3, 0.4) is 0 Å². The minimum Gasteiger partial charge on any atom is -0.772 e. The number of likely N-dealkylation sites (tertiary alicyclic amines) is 1. The smallest absolute Gasteiger partial charge is 0.772 e. The first-order valence-corrected chi connectivity index (χ1v) is 6.06. The second-order valence-corrected chi connectivity index (χ2v) is 5.66. The van der Waals surface area contributed by atoms with E-state index in [0.717, 1.165) is 0 Å². The van der Waals surface area contributed by atoms with E-state index in [1.807, 2.05) is 0 Å². The third-order valence-electron chi connectivity index (χ3n) is 1.98. The van der Waals surface area contributed by atoms with Gasteiger partial charge in [-0.2, -0.15) is 0 Å². The van der Waals surface area contributed by atoms with Gasteiger partial charge in [0.2, 0.25) is 0 Å². The molecule has 0 aromatic rings. The Morgan fingerprint density at radius 3 is 2.38 bits per heavy atom.